The molecule has 1 saturated heterocycles. The van der Waals surface area contributed by atoms with Crippen LogP contribution >= 0.6 is 0 Å². The van der Waals surface area contributed by atoms with E-state index in [4.69, 9.17) is 5.73 Å². The van der Waals surface area contributed by atoms with Crippen molar-refractivity contribution in [2.24, 2.45) is 11.7 Å². The zero-order valence-corrected chi connectivity index (χ0v) is 12.2. The van der Waals surface area contributed by atoms with Crippen molar-refractivity contribution in [1.82, 2.24) is 10.2 Å². The van der Waals surface area contributed by atoms with Crippen LogP contribution in [0.15, 0.2) is 30.3 Å². The maximum Gasteiger partial charge on any atom is 0.220 e. The smallest absolute Gasteiger partial charge is 0.220 e. The lowest BCUT2D eigenvalue weighted by molar-refractivity contribution is -0.122. The summed E-state index contributed by atoms with van der Waals surface area (Å²) in [7, 11) is 0. The zero-order chi connectivity index (χ0) is 14.4. The molecule has 2 atom stereocenters. The molecular formula is C16H25N3O. The number of carbonyl (C=O) groups excluding carboxylic acids is 1. The average molecular weight is 275 g/mol. The van der Waals surface area contributed by atoms with Gasteiger partial charge in [-0.15, -0.1) is 0 Å². The highest BCUT2D eigenvalue weighted by atomic mass is 16.1. The third kappa shape index (κ3) is 4.62. The second kappa shape index (κ2) is 7.41. The monoisotopic (exact) mass is 275 g/mol. The molecular weight excluding hydrogens is 250 g/mol. The number of nitrogens with zero attached hydrogens (tertiary/aromatic N) is 1. The van der Waals surface area contributed by atoms with Crippen LogP contribution in [-0.4, -0.2) is 36.5 Å². The van der Waals surface area contributed by atoms with Gasteiger partial charge in [0.1, 0.15) is 0 Å². The van der Waals surface area contributed by atoms with Crippen molar-refractivity contribution in [1.29, 1.82) is 0 Å². The Bertz CT molecular complexity index is 421. The molecule has 2 rings (SSSR count). The molecule has 3 N–H and O–H groups in total. The van der Waals surface area contributed by atoms with Crippen molar-refractivity contribution in [3.8, 4) is 0 Å². The molecule has 0 spiro atoms. The fourth-order valence-corrected chi connectivity index (χ4v) is 2.62. The summed E-state index contributed by atoms with van der Waals surface area (Å²) in [6.07, 6.45) is 1.57. The number of likely N-dealkylation sites (tertiary alicyclic amines) is 1. The van der Waals surface area contributed by atoms with Crippen molar-refractivity contribution in [2.45, 2.75) is 32.4 Å². The van der Waals surface area contributed by atoms with E-state index in [-0.39, 0.29) is 17.9 Å². The molecule has 1 aliphatic heterocycles. The van der Waals surface area contributed by atoms with Crippen molar-refractivity contribution in [3.05, 3.63) is 35.9 Å². The lowest BCUT2D eigenvalue weighted by Gasteiger charge is -2.17. The number of nitrogens with one attached hydrogen (secondary N) is 1. The number of hydrogen-bond donors (Lipinski definition) is 2. The maximum absolute atomic E-state index is 11.8. The van der Waals surface area contributed by atoms with Crippen LogP contribution in [0.1, 0.15) is 25.3 Å². The van der Waals surface area contributed by atoms with Gasteiger partial charge in [0.05, 0.1) is 0 Å². The van der Waals surface area contributed by atoms with Crippen LogP contribution in [0.3, 0.4) is 0 Å². The average Bonchev–Trinajstić information content (AvgIpc) is 2.86. The quantitative estimate of drug-likeness (QED) is 0.824. The molecule has 1 heterocycles. The van der Waals surface area contributed by atoms with Gasteiger partial charge < -0.3 is 11.1 Å². The summed E-state index contributed by atoms with van der Waals surface area (Å²) < 4.78 is 0. The highest BCUT2D eigenvalue weighted by molar-refractivity contribution is 5.76. The van der Waals surface area contributed by atoms with Crippen LogP contribution in [-0.2, 0) is 11.3 Å². The Labute approximate surface area is 121 Å². The molecule has 20 heavy (non-hydrogen) atoms. The second-order valence-electron chi connectivity index (χ2n) is 5.82. The molecule has 1 aromatic carbocycles. The summed E-state index contributed by atoms with van der Waals surface area (Å²) in [5.41, 5.74) is 6.88. The normalized spacial score (nSPS) is 20.8. The summed E-state index contributed by atoms with van der Waals surface area (Å²) in [6, 6.07) is 10.8. The lowest BCUT2D eigenvalue weighted by Crippen LogP contribution is -2.38. The van der Waals surface area contributed by atoms with E-state index < -0.39 is 0 Å². The molecule has 0 aromatic heterocycles. The first-order valence-corrected chi connectivity index (χ1v) is 7.43. The molecule has 0 aliphatic carbocycles. The molecule has 0 bridgehead atoms. The van der Waals surface area contributed by atoms with Gasteiger partial charge in [-0.2, -0.15) is 0 Å². The van der Waals surface area contributed by atoms with E-state index in [0.717, 1.165) is 26.1 Å². The summed E-state index contributed by atoms with van der Waals surface area (Å²) >= 11 is 0. The SMILES string of the molecule is CC(CN)CC(=O)NC1CCN(Cc2ccccc2)C1. The minimum Gasteiger partial charge on any atom is -0.352 e. The van der Waals surface area contributed by atoms with Crippen molar-refractivity contribution < 1.29 is 4.79 Å². The van der Waals surface area contributed by atoms with Crippen molar-refractivity contribution in [3.63, 3.8) is 0 Å². The van der Waals surface area contributed by atoms with Gasteiger partial charge in [-0.05, 0) is 24.4 Å². The third-order valence-electron chi connectivity index (χ3n) is 3.82. The summed E-state index contributed by atoms with van der Waals surface area (Å²) in [5, 5.41) is 3.12. The number of benzene rings is 1. The summed E-state index contributed by atoms with van der Waals surface area (Å²) in [6.45, 7) is 5.53. The highest BCUT2D eigenvalue weighted by Crippen LogP contribution is 2.13. The second-order valence-corrected chi connectivity index (χ2v) is 5.82. The Balaban J connectivity index is 1.74. The number of rotatable bonds is 6. The van der Waals surface area contributed by atoms with E-state index in [9.17, 15) is 4.79 Å². The van der Waals surface area contributed by atoms with Crippen LogP contribution in [0.5, 0.6) is 0 Å². The topological polar surface area (TPSA) is 58.4 Å². The Hall–Kier alpha value is -1.39. The van der Waals surface area contributed by atoms with Gasteiger partial charge in [0, 0.05) is 32.1 Å². The fourth-order valence-electron chi connectivity index (χ4n) is 2.62. The van der Waals surface area contributed by atoms with Gasteiger partial charge in [-0.25, -0.2) is 0 Å². The van der Waals surface area contributed by atoms with Gasteiger partial charge in [0.15, 0.2) is 0 Å². The Kier molecular flexibility index (Phi) is 5.56. The maximum atomic E-state index is 11.8. The van der Waals surface area contributed by atoms with Crippen LogP contribution in [0.4, 0.5) is 0 Å². The van der Waals surface area contributed by atoms with Gasteiger partial charge in [0.2, 0.25) is 5.91 Å². The number of hydrogen-bond acceptors (Lipinski definition) is 3. The van der Waals surface area contributed by atoms with Crippen LogP contribution < -0.4 is 11.1 Å². The van der Waals surface area contributed by atoms with Crippen LogP contribution in [0.25, 0.3) is 0 Å². The predicted molar refractivity (Wildman–Crippen MR) is 81.1 cm³/mol. The van der Waals surface area contributed by atoms with Crippen LogP contribution in [0, 0.1) is 5.92 Å². The molecule has 1 aromatic rings. The zero-order valence-electron chi connectivity index (χ0n) is 12.2. The summed E-state index contributed by atoms with van der Waals surface area (Å²) in [4.78, 5) is 14.2. The van der Waals surface area contributed by atoms with Crippen LogP contribution in [0.2, 0.25) is 0 Å². The molecule has 4 heteroatoms. The minimum absolute atomic E-state index is 0.134. The fraction of sp³-hybridized carbons (Fsp3) is 0.562. The summed E-state index contributed by atoms with van der Waals surface area (Å²) in [5.74, 6) is 0.395. The molecule has 110 valence electrons. The minimum atomic E-state index is 0.134. The molecule has 1 fully saturated rings. The van der Waals surface area contributed by atoms with Gasteiger partial charge >= 0.3 is 0 Å². The van der Waals surface area contributed by atoms with E-state index in [1.54, 1.807) is 0 Å². The van der Waals surface area contributed by atoms with Crippen molar-refractivity contribution >= 4 is 5.91 Å². The first-order chi connectivity index (χ1) is 9.67. The van der Waals surface area contributed by atoms with Gasteiger partial charge in [0.25, 0.3) is 0 Å². The third-order valence-corrected chi connectivity index (χ3v) is 3.82. The predicted octanol–water partition coefficient (Wildman–Crippen LogP) is 1.36. The lowest BCUT2D eigenvalue weighted by atomic mass is 10.1. The molecule has 0 radical (unpaired) electrons. The number of amides is 1. The van der Waals surface area contributed by atoms with Gasteiger partial charge in [-0.1, -0.05) is 37.3 Å². The largest absolute Gasteiger partial charge is 0.352 e. The Morgan fingerprint density at radius 1 is 1.45 bits per heavy atom. The van der Waals surface area contributed by atoms with Gasteiger partial charge in [-0.3, -0.25) is 9.69 Å². The van der Waals surface area contributed by atoms with E-state index in [1.165, 1.54) is 5.56 Å². The van der Waals surface area contributed by atoms with E-state index in [0.29, 0.717) is 13.0 Å². The Morgan fingerprint density at radius 3 is 2.90 bits per heavy atom. The highest BCUT2D eigenvalue weighted by Gasteiger charge is 2.24. The number of nitrogens with two attached hydrogens (primary N) is 1. The van der Waals surface area contributed by atoms with E-state index in [1.807, 2.05) is 13.0 Å². The Morgan fingerprint density at radius 2 is 2.20 bits per heavy atom. The molecule has 1 aliphatic rings. The molecule has 0 saturated carbocycles. The van der Waals surface area contributed by atoms with E-state index in [2.05, 4.69) is 34.5 Å². The van der Waals surface area contributed by atoms with E-state index >= 15 is 0 Å². The first kappa shape index (κ1) is 15.0. The number of carbonyl (C=O) groups is 1. The first-order valence-electron chi connectivity index (χ1n) is 7.43. The van der Waals surface area contributed by atoms with Crippen molar-refractivity contribution in [2.75, 3.05) is 19.6 Å². The molecule has 4 nitrogen and oxygen atoms in total. The molecule has 2 unspecified atom stereocenters. The molecule has 1 amide bonds. The standard InChI is InChI=1S/C16H25N3O/c1-13(10-17)9-16(20)18-15-7-8-19(12-15)11-14-5-3-2-4-6-14/h2-6,13,15H,7-12,17H2,1H3,(H,18,20).